The van der Waals surface area contributed by atoms with Gasteiger partial charge in [-0.15, -0.1) is 0 Å². The monoisotopic (exact) mass is 265 g/mol. The smallest absolute Gasteiger partial charge is 0.471 e. The predicted octanol–water partition coefficient (Wildman–Crippen LogP) is 1.79. The number of alkyl halides is 3. The molecule has 1 atom stereocenters. The minimum atomic E-state index is -5.00. The highest BCUT2D eigenvalue weighted by Gasteiger charge is 2.57. The van der Waals surface area contributed by atoms with Crippen molar-refractivity contribution in [2.24, 2.45) is 5.41 Å². The van der Waals surface area contributed by atoms with Crippen molar-refractivity contribution in [3.05, 3.63) is 0 Å². The summed E-state index contributed by atoms with van der Waals surface area (Å²) in [5, 5.41) is 9.16. The van der Waals surface area contributed by atoms with Crippen LogP contribution in [-0.2, 0) is 9.59 Å². The van der Waals surface area contributed by atoms with Gasteiger partial charge in [0.05, 0.1) is 0 Å². The molecule has 1 heterocycles. The summed E-state index contributed by atoms with van der Waals surface area (Å²) in [6.07, 6.45) is -1.84. The largest absolute Gasteiger partial charge is 0.480 e. The zero-order valence-corrected chi connectivity index (χ0v) is 9.66. The number of hydrogen-bond donors (Lipinski definition) is 1. The van der Waals surface area contributed by atoms with E-state index in [4.69, 9.17) is 5.11 Å². The Morgan fingerprint density at radius 1 is 1.17 bits per heavy atom. The molecule has 2 rings (SSSR count). The molecule has 1 saturated carbocycles. The van der Waals surface area contributed by atoms with Crippen LogP contribution >= 0.6 is 0 Å². The highest BCUT2D eigenvalue weighted by molar-refractivity contribution is 5.88. The van der Waals surface area contributed by atoms with Gasteiger partial charge in [-0.05, 0) is 19.3 Å². The summed E-state index contributed by atoms with van der Waals surface area (Å²) in [7, 11) is 0. The van der Waals surface area contributed by atoms with Crippen molar-refractivity contribution in [3.63, 3.8) is 0 Å². The summed E-state index contributed by atoms with van der Waals surface area (Å²) < 4.78 is 37.3. The molecule has 1 unspecified atom stereocenters. The normalized spacial score (nSPS) is 26.8. The molecule has 0 aromatic rings. The molecule has 102 valence electrons. The Morgan fingerprint density at radius 2 is 1.72 bits per heavy atom. The first-order chi connectivity index (χ1) is 8.28. The van der Waals surface area contributed by atoms with Crippen LogP contribution < -0.4 is 0 Å². The Kier molecular flexibility index (Phi) is 3.03. The van der Waals surface area contributed by atoms with Crippen molar-refractivity contribution < 1.29 is 27.9 Å². The zero-order chi connectivity index (χ0) is 13.6. The number of carbonyl (C=O) groups excluding carboxylic acids is 1. The van der Waals surface area contributed by atoms with E-state index in [1.165, 1.54) is 0 Å². The van der Waals surface area contributed by atoms with Gasteiger partial charge < -0.3 is 10.0 Å². The average Bonchev–Trinajstić information content (AvgIpc) is 2.84. The third-order valence-corrected chi connectivity index (χ3v) is 4.08. The third-order valence-electron chi connectivity index (χ3n) is 4.08. The summed E-state index contributed by atoms with van der Waals surface area (Å²) in [5.41, 5.74) is -0.646. The zero-order valence-electron chi connectivity index (χ0n) is 9.66. The van der Waals surface area contributed by atoms with Crippen LogP contribution in [0.2, 0.25) is 0 Å². The Balaban J connectivity index is 2.28. The fourth-order valence-corrected chi connectivity index (χ4v) is 3.32. The van der Waals surface area contributed by atoms with Crippen molar-refractivity contribution in [1.82, 2.24) is 4.90 Å². The molecule has 18 heavy (non-hydrogen) atoms. The lowest BCUT2D eigenvalue weighted by Gasteiger charge is -2.32. The number of hydrogen-bond acceptors (Lipinski definition) is 2. The number of aliphatic carboxylic acids is 1. The summed E-state index contributed by atoms with van der Waals surface area (Å²) in [5.74, 6) is -3.36. The molecule has 0 aromatic heterocycles. The van der Waals surface area contributed by atoms with Crippen LogP contribution in [0.1, 0.15) is 32.1 Å². The van der Waals surface area contributed by atoms with E-state index in [2.05, 4.69) is 0 Å². The van der Waals surface area contributed by atoms with Gasteiger partial charge in [-0.25, -0.2) is 4.79 Å². The molecule has 0 aromatic carbocycles. The van der Waals surface area contributed by atoms with Crippen LogP contribution in [0.5, 0.6) is 0 Å². The van der Waals surface area contributed by atoms with E-state index in [0.717, 1.165) is 12.8 Å². The first-order valence-corrected chi connectivity index (χ1v) is 5.88. The molecule has 1 N–H and O–H groups in total. The molecular weight excluding hydrogens is 251 g/mol. The minimum Gasteiger partial charge on any atom is -0.480 e. The number of amides is 1. The van der Waals surface area contributed by atoms with Crippen LogP contribution in [0, 0.1) is 5.41 Å². The molecule has 0 radical (unpaired) electrons. The standard InChI is InChI=1S/C11H14F3NO3/c12-11(13,14)9(18)15-6-5-10(3-1-2-4-10)7(15)8(16)17/h7H,1-6H2,(H,16,17). The van der Waals surface area contributed by atoms with Gasteiger partial charge in [0.2, 0.25) is 0 Å². The molecule has 1 saturated heterocycles. The molecule has 0 bridgehead atoms. The van der Waals surface area contributed by atoms with Crippen LogP contribution in [0.25, 0.3) is 0 Å². The van der Waals surface area contributed by atoms with Crippen molar-refractivity contribution in [1.29, 1.82) is 0 Å². The maximum atomic E-state index is 12.4. The molecule has 4 nitrogen and oxygen atoms in total. The third kappa shape index (κ3) is 1.95. The lowest BCUT2D eigenvalue weighted by atomic mass is 9.78. The number of likely N-dealkylation sites (tertiary alicyclic amines) is 1. The molecule has 1 amide bonds. The van der Waals surface area contributed by atoms with Gasteiger partial charge in [0, 0.05) is 12.0 Å². The van der Waals surface area contributed by atoms with Gasteiger partial charge in [-0.1, -0.05) is 12.8 Å². The molecule has 7 heteroatoms. The van der Waals surface area contributed by atoms with E-state index >= 15 is 0 Å². The van der Waals surface area contributed by atoms with Gasteiger partial charge >= 0.3 is 18.1 Å². The van der Waals surface area contributed by atoms with Gasteiger partial charge in [0.1, 0.15) is 6.04 Å². The van der Waals surface area contributed by atoms with Crippen LogP contribution in [-0.4, -0.2) is 40.6 Å². The second-order valence-electron chi connectivity index (χ2n) is 5.06. The van der Waals surface area contributed by atoms with E-state index in [1.54, 1.807) is 0 Å². The molecule has 1 spiro atoms. The Morgan fingerprint density at radius 3 is 2.17 bits per heavy atom. The van der Waals surface area contributed by atoms with E-state index in [-0.39, 0.29) is 6.54 Å². The van der Waals surface area contributed by atoms with Gasteiger partial charge in [-0.2, -0.15) is 13.2 Å². The van der Waals surface area contributed by atoms with Crippen LogP contribution in [0.4, 0.5) is 13.2 Å². The molecule has 2 aliphatic rings. The van der Waals surface area contributed by atoms with Crippen molar-refractivity contribution in [2.75, 3.05) is 6.54 Å². The number of carbonyl (C=O) groups is 2. The molecule has 2 fully saturated rings. The van der Waals surface area contributed by atoms with Gasteiger partial charge in [0.15, 0.2) is 0 Å². The van der Waals surface area contributed by atoms with E-state index in [9.17, 15) is 22.8 Å². The summed E-state index contributed by atoms with van der Waals surface area (Å²) >= 11 is 0. The lowest BCUT2D eigenvalue weighted by molar-refractivity contribution is -0.189. The Bertz CT molecular complexity index is 374. The number of carboxylic acids is 1. The maximum absolute atomic E-state index is 12.4. The molecular formula is C11H14F3NO3. The summed E-state index contributed by atoms with van der Waals surface area (Å²) in [6, 6.07) is -1.32. The first-order valence-electron chi connectivity index (χ1n) is 5.88. The predicted molar refractivity (Wildman–Crippen MR) is 54.7 cm³/mol. The first kappa shape index (κ1) is 13.2. The highest BCUT2D eigenvalue weighted by atomic mass is 19.4. The summed E-state index contributed by atoms with van der Waals surface area (Å²) in [4.78, 5) is 23.0. The second-order valence-corrected chi connectivity index (χ2v) is 5.06. The molecule has 1 aliphatic carbocycles. The quantitative estimate of drug-likeness (QED) is 0.786. The fraction of sp³-hybridized carbons (Fsp3) is 0.818. The van der Waals surface area contributed by atoms with Crippen molar-refractivity contribution >= 4 is 11.9 Å². The van der Waals surface area contributed by atoms with Crippen molar-refractivity contribution in [3.8, 4) is 0 Å². The van der Waals surface area contributed by atoms with Crippen LogP contribution in [0.15, 0.2) is 0 Å². The number of halogens is 3. The Hall–Kier alpha value is -1.27. The fourth-order valence-electron chi connectivity index (χ4n) is 3.32. The molecule has 1 aliphatic heterocycles. The van der Waals surface area contributed by atoms with Gasteiger partial charge in [-0.3, -0.25) is 4.79 Å². The van der Waals surface area contributed by atoms with E-state index in [0.29, 0.717) is 24.2 Å². The lowest BCUT2D eigenvalue weighted by Crippen LogP contribution is -2.51. The van der Waals surface area contributed by atoms with Crippen molar-refractivity contribution in [2.45, 2.75) is 44.3 Å². The number of rotatable bonds is 1. The minimum absolute atomic E-state index is 0.116. The number of nitrogens with zero attached hydrogens (tertiary/aromatic N) is 1. The SMILES string of the molecule is O=C(O)C1N(C(=O)C(F)(F)F)CCC12CCCC2. The van der Waals surface area contributed by atoms with Crippen LogP contribution in [0.3, 0.4) is 0 Å². The number of carboxylic acid groups (broad SMARTS) is 1. The topological polar surface area (TPSA) is 57.6 Å². The highest BCUT2D eigenvalue weighted by Crippen LogP contribution is 2.50. The maximum Gasteiger partial charge on any atom is 0.471 e. The van der Waals surface area contributed by atoms with Gasteiger partial charge in [0.25, 0.3) is 0 Å². The average molecular weight is 265 g/mol. The second kappa shape index (κ2) is 4.13. The Labute approximate surface area is 102 Å². The van der Waals surface area contributed by atoms with E-state index < -0.39 is 29.5 Å². The summed E-state index contributed by atoms with van der Waals surface area (Å²) in [6.45, 7) is -0.116. The van der Waals surface area contributed by atoms with E-state index in [1.807, 2.05) is 0 Å².